The molecule has 4 nitrogen and oxygen atoms in total. The molecule has 1 aromatic rings. The van der Waals surface area contributed by atoms with E-state index >= 15 is 0 Å². The van der Waals surface area contributed by atoms with E-state index in [4.69, 9.17) is 13.9 Å². The molecule has 1 heterocycles. The summed E-state index contributed by atoms with van der Waals surface area (Å²) in [5, 5.41) is 3.63. The first kappa shape index (κ1) is 14.6. The number of hydrogen-bond donors (Lipinski definition) is 1. The molecule has 1 aliphatic carbocycles. The van der Waals surface area contributed by atoms with Crippen LogP contribution in [0.3, 0.4) is 0 Å². The molecule has 1 N–H and O–H groups in total. The summed E-state index contributed by atoms with van der Waals surface area (Å²) < 4.78 is 15.9. The number of unbranched alkanes of at least 4 members (excludes halogenated alkanes) is 1. The fourth-order valence-electron chi connectivity index (χ4n) is 2.55. The highest BCUT2D eigenvalue weighted by atomic mass is 16.5. The maximum absolute atomic E-state index is 5.50. The second kappa shape index (κ2) is 8.35. The van der Waals surface area contributed by atoms with Gasteiger partial charge in [-0.05, 0) is 38.3 Å². The van der Waals surface area contributed by atoms with Crippen molar-refractivity contribution in [2.75, 3.05) is 33.5 Å². The van der Waals surface area contributed by atoms with Crippen LogP contribution < -0.4 is 5.32 Å². The lowest BCUT2D eigenvalue weighted by molar-refractivity contribution is 0.0687. The Hall–Kier alpha value is -0.840. The van der Waals surface area contributed by atoms with Crippen LogP contribution >= 0.6 is 0 Å². The average molecular weight is 267 g/mol. The number of aryl methyl sites for hydroxylation is 1. The molecule has 1 aliphatic rings. The molecule has 0 radical (unpaired) electrons. The molecule has 1 aromatic heterocycles. The van der Waals surface area contributed by atoms with Gasteiger partial charge in [-0.1, -0.05) is 0 Å². The monoisotopic (exact) mass is 267 g/mol. The number of furan rings is 1. The zero-order valence-corrected chi connectivity index (χ0v) is 11.8. The van der Waals surface area contributed by atoms with Gasteiger partial charge in [-0.25, -0.2) is 0 Å². The number of nitrogens with one attached hydrogen (secondary N) is 1. The maximum Gasteiger partial charge on any atom is 0.108 e. The molecule has 2 rings (SSSR count). The second-order valence-corrected chi connectivity index (χ2v) is 5.01. The molecule has 108 valence electrons. The fraction of sp³-hybridized carbons (Fsp3) is 0.733. The number of hydrogen-bond acceptors (Lipinski definition) is 4. The lowest BCUT2D eigenvalue weighted by Crippen LogP contribution is -2.25. The molecule has 1 atom stereocenters. The van der Waals surface area contributed by atoms with E-state index in [-0.39, 0.29) is 0 Å². The average Bonchev–Trinajstić information content (AvgIpc) is 2.91. The molecule has 0 fully saturated rings. The van der Waals surface area contributed by atoms with Gasteiger partial charge < -0.3 is 19.2 Å². The summed E-state index contributed by atoms with van der Waals surface area (Å²) in [5.41, 5.74) is 1.36. The Kier molecular flexibility index (Phi) is 6.41. The Balaban J connectivity index is 1.55. The van der Waals surface area contributed by atoms with Crippen molar-refractivity contribution in [2.24, 2.45) is 0 Å². The van der Waals surface area contributed by atoms with E-state index in [2.05, 4.69) is 11.4 Å². The number of ether oxygens (including phenoxy) is 2. The first-order valence-corrected chi connectivity index (χ1v) is 7.28. The smallest absolute Gasteiger partial charge is 0.108 e. The number of rotatable bonds is 9. The van der Waals surface area contributed by atoms with Crippen molar-refractivity contribution in [3.8, 4) is 0 Å². The Morgan fingerprint density at radius 2 is 2.26 bits per heavy atom. The first-order valence-electron chi connectivity index (χ1n) is 7.28. The second-order valence-electron chi connectivity index (χ2n) is 5.01. The van der Waals surface area contributed by atoms with Gasteiger partial charge in [0.05, 0.1) is 19.5 Å². The van der Waals surface area contributed by atoms with Gasteiger partial charge in [0, 0.05) is 31.7 Å². The topological polar surface area (TPSA) is 43.6 Å². The van der Waals surface area contributed by atoms with Crippen LogP contribution in [0, 0.1) is 0 Å². The highest BCUT2D eigenvalue weighted by molar-refractivity contribution is 5.23. The van der Waals surface area contributed by atoms with Gasteiger partial charge in [-0.3, -0.25) is 0 Å². The van der Waals surface area contributed by atoms with E-state index in [1.54, 1.807) is 7.11 Å². The van der Waals surface area contributed by atoms with Crippen LogP contribution in [0.1, 0.15) is 43.0 Å². The van der Waals surface area contributed by atoms with Gasteiger partial charge in [-0.15, -0.1) is 0 Å². The standard InChI is InChI=1S/C15H25NO3/c1-17-11-12-18-9-3-2-8-16-14-5-4-6-15-13(14)7-10-19-15/h7,10,14,16H,2-6,8-9,11-12H2,1H3. The molecule has 0 bridgehead atoms. The molecule has 0 amide bonds. The van der Waals surface area contributed by atoms with Crippen molar-refractivity contribution in [2.45, 2.75) is 38.1 Å². The number of methoxy groups -OCH3 is 1. The van der Waals surface area contributed by atoms with Gasteiger partial charge in [0.15, 0.2) is 0 Å². The predicted molar refractivity (Wildman–Crippen MR) is 74.3 cm³/mol. The lowest BCUT2D eigenvalue weighted by atomic mass is 9.93. The van der Waals surface area contributed by atoms with Crippen LogP contribution in [0.2, 0.25) is 0 Å². The normalized spacial score (nSPS) is 18.5. The molecular weight excluding hydrogens is 242 g/mol. The van der Waals surface area contributed by atoms with Crippen molar-refractivity contribution in [1.82, 2.24) is 5.32 Å². The third-order valence-corrected chi connectivity index (χ3v) is 3.59. The van der Waals surface area contributed by atoms with Gasteiger partial charge in [0.1, 0.15) is 5.76 Å². The van der Waals surface area contributed by atoms with Crippen molar-refractivity contribution in [3.63, 3.8) is 0 Å². The van der Waals surface area contributed by atoms with Gasteiger partial charge in [-0.2, -0.15) is 0 Å². The predicted octanol–water partition coefficient (Wildman–Crippen LogP) is 2.69. The quantitative estimate of drug-likeness (QED) is 0.699. The summed E-state index contributed by atoms with van der Waals surface area (Å²) in [6, 6.07) is 2.59. The highest BCUT2D eigenvalue weighted by Gasteiger charge is 2.21. The van der Waals surface area contributed by atoms with Crippen LogP contribution in [0.5, 0.6) is 0 Å². The Bertz CT molecular complexity index is 351. The van der Waals surface area contributed by atoms with Crippen LogP contribution in [0.4, 0.5) is 0 Å². The summed E-state index contributed by atoms with van der Waals surface area (Å²) in [7, 11) is 1.70. The minimum absolute atomic E-state index is 0.483. The third kappa shape index (κ3) is 4.64. The van der Waals surface area contributed by atoms with Crippen LogP contribution in [-0.4, -0.2) is 33.5 Å². The Morgan fingerprint density at radius 1 is 1.32 bits per heavy atom. The zero-order chi connectivity index (χ0) is 13.3. The van der Waals surface area contributed by atoms with Crippen molar-refractivity contribution in [1.29, 1.82) is 0 Å². The van der Waals surface area contributed by atoms with Gasteiger partial charge in [0.25, 0.3) is 0 Å². The molecule has 1 unspecified atom stereocenters. The van der Waals surface area contributed by atoms with E-state index in [1.807, 2.05) is 6.26 Å². The molecular formula is C15H25NO3. The SMILES string of the molecule is COCCOCCCCNC1CCCc2occc21. The van der Waals surface area contributed by atoms with Crippen LogP contribution in [0.15, 0.2) is 16.7 Å². The minimum atomic E-state index is 0.483. The Labute approximate surface area is 115 Å². The molecule has 0 saturated heterocycles. The van der Waals surface area contributed by atoms with Gasteiger partial charge in [0.2, 0.25) is 0 Å². The largest absolute Gasteiger partial charge is 0.469 e. The van der Waals surface area contributed by atoms with Crippen molar-refractivity contribution < 1.29 is 13.9 Å². The summed E-state index contributed by atoms with van der Waals surface area (Å²) in [5.74, 6) is 1.17. The van der Waals surface area contributed by atoms with Crippen LogP contribution in [-0.2, 0) is 15.9 Å². The van der Waals surface area contributed by atoms with Crippen molar-refractivity contribution >= 4 is 0 Å². The zero-order valence-electron chi connectivity index (χ0n) is 11.8. The summed E-state index contributed by atoms with van der Waals surface area (Å²) in [6.45, 7) is 3.25. The highest BCUT2D eigenvalue weighted by Crippen LogP contribution is 2.30. The molecule has 0 aliphatic heterocycles. The summed E-state index contributed by atoms with van der Waals surface area (Å²) in [4.78, 5) is 0. The van der Waals surface area contributed by atoms with E-state index < -0.39 is 0 Å². The van der Waals surface area contributed by atoms with Crippen molar-refractivity contribution in [3.05, 3.63) is 23.7 Å². The maximum atomic E-state index is 5.50. The minimum Gasteiger partial charge on any atom is -0.469 e. The summed E-state index contributed by atoms with van der Waals surface area (Å²) in [6.07, 6.45) is 7.59. The van der Waals surface area contributed by atoms with E-state index in [9.17, 15) is 0 Å². The molecule has 19 heavy (non-hydrogen) atoms. The van der Waals surface area contributed by atoms with E-state index in [0.717, 1.165) is 32.4 Å². The van der Waals surface area contributed by atoms with E-state index in [0.29, 0.717) is 19.3 Å². The lowest BCUT2D eigenvalue weighted by Gasteiger charge is -2.22. The first-order chi connectivity index (χ1) is 9.42. The third-order valence-electron chi connectivity index (χ3n) is 3.59. The number of fused-ring (bicyclic) bond motifs is 1. The van der Waals surface area contributed by atoms with Crippen LogP contribution in [0.25, 0.3) is 0 Å². The van der Waals surface area contributed by atoms with Gasteiger partial charge >= 0.3 is 0 Å². The Morgan fingerprint density at radius 3 is 3.16 bits per heavy atom. The molecule has 4 heteroatoms. The fourth-order valence-corrected chi connectivity index (χ4v) is 2.55. The summed E-state index contributed by atoms with van der Waals surface area (Å²) >= 11 is 0. The molecule has 0 saturated carbocycles. The molecule has 0 aromatic carbocycles. The molecule has 0 spiro atoms. The van der Waals surface area contributed by atoms with E-state index in [1.165, 1.54) is 24.2 Å².